The average Bonchev–Trinajstić information content (AvgIpc) is 2.45. The lowest BCUT2D eigenvalue weighted by molar-refractivity contribution is 0.369. The van der Waals surface area contributed by atoms with E-state index in [9.17, 15) is 20.1 Å². The van der Waals surface area contributed by atoms with Crippen LogP contribution in [-0.4, -0.2) is 20.3 Å². The first kappa shape index (κ1) is 12.1. The van der Waals surface area contributed by atoms with Crippen LogP contribution in [0.1, 0.15) is 0 Å². The second-order valence-electron chi connectivity index (χ2n) is 4.41. The van der Waals surface area contributed by atoms with Gasteiger partial charge in [0.2, 0.25) is 5.75 Å². The largest absolute Gasteiger partial charge is 0.504 e. The molecule has 0 aliphatic rings. The number of phenolic OH excluding ortho intramolecular Hbond substituents is 3. The highest BCUT2D eigenvalue weighted by molar-refractivity contribution is 5.97. The maximum Gasteiger partial charge on any atom is 0.256 e. The van der Waals surface area contributed by atoms with Crippen molar-refractivity contribution in [3.05, 3.63) is 52.9 Å². The SMILES string of the molecule is O=c1[nH]ccc2cccc(-c3ccc(O)c(O)c3O)c12. The lowest BCUT2D eigenvalue weighted by Crippen LogP contribution is -2.05. The van der Waals surface area contributed by atoms with Crippen LogP contribution in [-0.2, 0) is 0 Å². The first-order valence-corrected chi connectivity index (χ1v) is 5.94. The molecule has 0 aliphatic carbocycles. The molecule has 0 unspecified atom stereocenters. The maximum absolute atomic E-state index is 12.0. The molecule has 0 aliphatic heterocycles. The topological polar surface area (TPSA) is 93.6 Å². The molecule has 4 N–H and O–H groups in total. The van der Waals surface area contributed by atoms with Crippen molar-refractivity contribution in [2.75, 3.05) is 0 Å². The molecule has 1 heterocycles. The molecule has 0 amide bonds. The lowest BCUT2D eigenvalue weighted by Gasteiger charge is -2.10. The molecule has 0 radical (unpaired) electrons. The third-order valence-corrected chi connectivity index (χ3v) is 3.22. The van der Waals surface area contributed by atoms with Crippen LogP contribution in [0, 0.1) is 0 Å². The van der Waals surface area contributed by atoms with Gasteiger partial charge >= 0.3 is 0 Å². The molecule has 0 saturated carbocycles. The Hall–Kier alpha value is -2.95. The van der Waals surface area contributed by atoms with Gasteiger partial charge in [-0.05, 0) is 29.1 Å². The third kappa shape index (κ3) is 1.68. The second kappa shape index (κ2) is 4.31. The smallest absolute Gasteiger partial charge is 0.256 e. The number of H-pyrrole nitrogens is 1. The van der Waals surface area contributed by atoms with Crippen LogP contribution in [0.15, 0.2) is 47.4 Å². The molecule has 5 heteroatoms. The minimum Gasteiger partial charge on any atom is -0.504 e. The molecule has 0 spiro atoms. The second-order valence-corrected chi connectivity index (χ2v) is 4.41. The quantitative estimate of drug-likeness (QED) is 0.510. The van der Waals surface area contributed by atoms with Crippen LogP contribution >= 0.6 is 0 Å². The van der Waals surface area contributed by atoms with Gasteiger partial charge < -0.3 is 20.3 Å². The minimum absolute atomic E-state index is 0.280. The highest BCUT2D eigenvalue weighted by Crippen LogP contribution is 2.43. The van der Waals surface area contributed by atoms with Gasteiger partial charge in [-0.1, -0.05) is 18.2 Å². The van der Waals surface area contributed by atoms with Gasteiger partial charge in [0, 0.05) is 11.8 Å². The van der Waals surface area contributed by atoms with Crippen molar-refractivity contribution < 1.29 is 15.3 Å². The molecule has 2 aromatic carbocycles. The molecular formula is C15H11NO4. The zero-order valence-electron chi connectivity index (χ0n) is 10.3. The summed E-state index contributed by atoms with van der Waals surface area (Å²) in [6.07, 6.45) is 1.54. The van der Waals surface area contributed by atoms with E-state index in [2.05, 4.69) is 4.98 Å². The summed E-state index contributed by atoms with van der Waals surface area (Å²) in [5.74, 6) is -1.48. The number of pyridine rings is 1. The zero-order chi connectivity index (χ0) is 14.3. The Morgan fingerprint density at radius 3 is 2.45 bits per heavy atom. The number of phenols is 3. The number of aromatic hydroxyl groups is 3. The zero-order valence-corrected chi connectivity index (χ0v) is 10.3. The summed E-state index contributed by atoms with van der Waals surface area (Å²) < 4.78 is 0. The van der Waals surface area contributed by atoms with E-state index in [1.54, 1.807) is 30.5 Å². The number of fused-ring (bicyclic) bond motifs is 1. The van der Waals surface area contributed by atoms with Crippen LogP contribution in [0.2, 0.25) is 0 Å². The Kier molecular flexibility index (Phi) is 2.61. The van der Waals surface area contributed by atoms with Gasteiger partial charge in [0.25, 0.3) is 5.56 Å². The molecule has 5 nitrogen and oxygen atoms in total. The molecule has 20 heavy (non-hydrogen) atoms. The van der Waals surface area contributed by atoms with Gasteiger partial charge in [0.05, 0.1) is 5.39 Å². The van der Waals surface area contributed by atoms with E-state index in [1.165, 1.54) is 12.1 Å². The van der Waals surface area contributed by atoms with E-state index in [-0.39, 0.29) is 11.1 Å². The number of rotatable bonds is 1. The van der Waals surface area contributed by atoms with Crippen molar-refractivity contribution in [3.63, 3.8) is 0 Å². The monoisotopic (exact) mass is 269 g/mol. The number of hydrogen-bond donors (Lipinski definition) is 4. The van der Waals surface area contributed by atoms with E-state index in [0.29, 0.717) is 10.9 Å². The molecule has 100 valence electrons. The van der Waals surface area contributed by atoms with Gasteiger partial charge in [-0.15, -0.1) is 0 Å². The highest BCUT2D eigenvalue weighted by atomic mass is 16.3. The van der Waals surface area contributed by atoms with Gasteiger partial charge in [0.15, 0.2) is 11.5 Å². The van der Waals surface area contributed by atoms with Crippen molar-refractivity contribution in [2.45, 2.75) is 0 Å². The van der Waals surface area contributed by atoms with Crippen molar-refractivity contribution in [1.29, 1.82) is 0 Å². The summed E-state index contributed by atoms with van der Waals surface area (Å²) in [7, 11) is 0. The van der Waals surface area contributed by atoms with Crippen LogP contribution < -0.4 is 5.56 Å². The molecule has 3 rings (SSSR count). The summed E-state index contributed by atoms with van der Waals surface area (Å²) >= 11 is 0. The van der Waals surface area contributed by atoms with Gasteiger partial charge in [-0.2, -0.15) is 0 Å². The summed E-state index contributed by atoms with van der Waals surface area (Å²) in [5.41, 5.74) is 0.477. The number of nitrogens with one attached hydrogen (secondary N) is 1. The Balaban J connectivity index is 2.42. The Morgan fingerprint density at radius 2 is 1.65 bits per heavy atom. The first-order chi connectivity index (χ1) is 9.59. The molecular weight excluding hydrogens is 258 g/mol. The first-order valence-electron chi connectivity index (χ1n) is 5.94. The fourth-order valence-corrected chi connectivity index (χ4v) is 2.25. The predicted octanol–water partition coefficient (Wildman–Crippen LogP) is 2.31. The Labute approximate surface area is 113 Å². The number of hydrogen-bond acceptors (Lipinski definition) is 4. The van der Waals surface area contributed by atoms with E-state index >= 15 is 0 Å². The summed E-state index contributed by atoms with van der Waals surface area (Å²) in [5, 5.41) is 30.1. The van der Waals surface area contributed by atoms with Crippen LogP contribution in [0.25, 0.3) is 21.9 Å². The van der Waals surface area contributed by atoms with E-state index in [4.69, 9.17) is 0 Å². The molecule has 0 bridgehead atoms. The third-order valence-electron chi connectivity index (χ3n) is 3.22. The molecule has 0 atom stereocenters. The van der Waals surface area contributed by atoms with Gasteiger partial charge in [-0.3, -0.25) is 4.79 Å². The Bertz CT molecular complexity index is 862. The van der Waals surface area contributed by atoms with Crippen molar-refractivity contribution >= 4 is 10.8 Å². The molecule has 3 aromatic rings. The number of aromatic amines is 1. The van der Waals surface area contributed by atoms with E-state index < -0.39 is 17.2 Å². The number of benzene rings is 2. The van der Waals surface area contributed by atoms with Crippen LogP contribution in [0.3, 0.4) is 0 Å². The molecule has 0 saturated heterocycles. The van der Waals surface area contributed by atoms with Crippen LogP contribution in [0.4, 0.5) is 0 Å². The molecule has 0 fully saturated rings. The Morgan fingerprint density at radius 1 is 0.850 bits per heavy atom. The fraction of sp³-hybridized carbons (Fsp3) is 0. The maximum atomic E-state index is 12.0. The normalized spacial score (nSPS) is 10.8. The summed E-state index contributed by atoms with van der Waals surface area (Å²) in [6, 6.07) is 9.67. The fourth-order valence-electron chi connectivity index (χ4n) is 2.25. The standard InChI is InChI=1S/C15H11NO4/c17-11-5-4-10(13(18)14(11)19)9-3-1-2-8-6-7-16-15(20)12(8)9/h1-7,17-19H,(H,16,20). The average molecular weight is 269 g/mol. The van der Waals surface area contributed by atoms with Crippen LogP contribution in [0.5, 0.6) is 17.2 Å². The van der Waals surface area contributed by atoms with Gasteiger partial charge in [-0.25, -0.2) is 0 Å². The lowest BCUT2D eigenvalue weighted by atomic mass is 9.98. The number of aromatic nitrogens is 1. The summed E-state index contributed by atoms with van der Waals surface area (Å²) in [4.78, 5) is 14.6. The highest BCUT2D eigenvalue weighted by Gasteiger charge is 2.15. The van der Waals surface area contributed by atoms with Crippen molar-refractivity contribution in [3.8, 4) is 28.4 Å². The van der Waals surface area contributed by atoms with Gasteiger partial charge in [0.1, 0.15) is 0 Å². The van der Waals surface area contributed by atoms with Crippen molar-refractivity contribution in [2.24, 2.45) is 0 Å². The van der Waals surface area contributed by atoms with E-state index in [1.807, 2.05) is 0 Å². The van der Waals surface area contributed by atoms with Crippen molar-refractivity contribution in [1.82, 2.24) is 4.98 Å². The predicted molar refractivity (Wildman–Crippen MR) is 75.0 cm³/mol. The molecule has 1 aromatic heterocycles. The minimum atomic E-state index is -0.605. The van der Waals surface area contributed by atoms with E-state index in [0.717, 1.165) is 5.39 Å². The summed E-state index contributed by atoms with van der Waals surface area (Å²) in [6.45, 7) is 0.